The van der Waals surface area contributed by atoms with Gasteiger partial charge < -0.3 is 14.8 Å². The fourth-order valence-corrected chi connectivity index (χ4v) is 3.01. The van der Waals surface area contributed by atoms with Crippen molar-refractivity contribution in [3.63, 3.8) is 0 Å². The van der Waals surface area contributed by atoms with E-state index in [2.05, 4.69) is 15.5 Å². The van der Waals surface area contributed by atoms with E-state index in [9.17, 15) is 9.90 Å². The van der Waals surface area contributed by atoms with E-state index in [-0.39, 0.29) is 5.91 Å². The number of nitrogens with zero attached hydrogens (tertiary/aromatic N) is 2. The molecule has 1 aromatic carbocycles. The standard InChI is InChI=1S/C18H23N3O3/c22-15(19-13-18(23)11-4-5-12-18)9-6-10-16-20-21-17(24-16)14-7-2-1-3-8-14/h1-3,7-8,23H,4-6,9-13H2,(H,19,22). The van der Waals surface area contributed by atoms with E-state index in [1.54, 1.807) is 0 Å². The topological polar surface area (TPSA) is 88.2 Å². The molecule has 3 rings (SSSR count). The van der Waals surface area contributed by atoms with Crippen LogP contribution < -0.4 is 5.32 Å². The van der Waals surface area contributed by atoms with Crippen molar-refractivity contribution in [3.05, 3.63) is 36.2 Å². The number of nitrogens with one attached hydrogen (secondary N) is 1. The van der Waals surface area contributed by atoms with E-state index in [1.807, 2.05) is 30.3 Å². The second-order valence-corrected chi connectivity index (χ2v) is 6.43. The van der Waals surface area contributed by atoms with Gasteiger partial charge in [-0.05, 0) is 31.4 Å². The Kier molecular flexibility index (Phi) is 5.25. The van der Waals surface area contributed by atoms with Gasteiger partial charge >= 0.3 is 0 Å². The highest BCUT2D eigenvalue weighted by Crippen LogP contribution is 2.28. The van der Waals surface area contributed by atoms with Crippen LogP contribution in [0.25, 0.3) is 11.5 Å². The molecule has 1 aliphatic carbocycles. The Morgan fingerprint density at radius 3 is 2.71 bits per heavy atom. The smallest absolute Gasteiger partial charge is 0.247 e. The minimum atomic E-state index is -0.702. The minimum absolute atomic E-state index is 0.0434. The van der Waals surface area contributed by atoms with Crippen LogP contribution in [0.5, 0.6) is 0 Å². The summed E-state index contributed by atoms with van der Waals surface area (Å²) in [5, 5.41) is 21.1. The summed E-state index contributed by atoms with van der Waals surface area (Å²) in [5.74, 6) is 0.993. The molecule has 24 heavy (non-hydrogen) atoms. The normalized spacial score (nSPS) is 16.2. The Balaban J connectivity index is 1.40. The van der Waals surface area contributed by atoms with Crippen LogP contribution in [0.2, 0.25) is 0 Å². The van der Waals surface area contributed by atoms with Gasteiger partial charge in [-0.1, -0.05) is 31.0 Å². The molecule has 0 bridgehead atoms. The maximum Gasteiger partial charge on any atom is 0.247 e. The van der Waals surface area contributed by atoms with Crippen molar-refractivity contribution in [2.75, 3.05) is 6.54 Å². The Hall–Kier alpha value is -2.21. The number of hydrogen-bond acceptors (Lipinski definition) is 5. The lowest BCUT2D eigenvalue weighted by Gasteiger charge is -2.22. The summed E-state index contributed by atoms with van der Waals surface area (Å²) in [6.07, 6.45) is 5.22. The van der Waals surface area contributed by atoms with Crippen LogP contribution in [0.4, 0.5) is 0 Å². The van der Waals surface area contributed by atoms with Crippen LogP contribution in [-0.4, -0.2) is 33.4 Å². The highest BCUT2D eigenvalue weighted by molar-refractivity contribution is 5.75. The van der Waals surface area contributed by atoms with E-state index >= 15 is 0 Å². The largest absolute Gasteiger partial charge is 0.421 e. The number of aryl methyl sites for hydroxylation is 1. The third-order valence-electron chi connectivity index (χ3n) is 4.43. The van der Waals surface area contributed by atoms with Crippen molar-refractivity contribution >= 4 is 5.91 Å². The predicted molar refractivity (Wildman–Crippen MR) is 89.1 cm³/mol. The van der Waals surface area contributed by atoms with Crippen molar-refractivity contribution in [2.24, 2.45) is 0 Å². The molecule has 2 N–H and O–H groups in total. The van der Waals surface area contributed by atoms with E-state index < -0.39 is 5.60 Å². The van der Waals surface area contributed by atoms with Crippen LogP contribution in [-0.2, 0) is 11.2 Å². The van der Waals surface area contributed by atoms with Crippen LogP contribution in [0.3, 0.4) is 0 Å². The van der Waals surface area contributed by atoms with Gasteiger partial charge in [0.1, 0.15) is 0 Å². The second kappa shape index (κ2) is 7.57. The molecule has 1 saturated carbocycles. The van der Waals surface area contributed by atoms with Crippen molar-refractivity contribution in [1.29, 1.82) is 0 Å². The van der Waals surface area contributed by atoms with Crippen LogP contribution in [0.1, 0.15) is 44.4 Å². The molecule has 1 aliphatic rings. The Morgan fingerprint density at radius 1 is 1.21 bits per heavy atom. The Morgan fingerprint density at radius 2 is 1.96 bits per heavy atom. The summed E-state index contributed by atoms with van der Waals surface area (Å²) < 4.78 is 5.61. The van der Waals surface area contributed by atoms with Gasteiger partial charge in [0.2, 0.25) is 17.7 Å². The molecule has 1 aromatic heterocycles. The number of carbonyl (C=O) groups excluding carboxylic acids is 1. The van der Waals surface area contributed by atoms with Gasteiger partial charge in [0.25, 0.3) is 0 Å². The summed E-state index contributed by atoms with van der Waals surface area (Å²) in [4.78, 5) is 11.9. The third-order valence-corrected chi connectivity index (χ3v) is 4.43. The molecule has 1 fully saturated rings. The van der Waals surface area contributed by atoms with Gasteiger partial charge in [-0.2, -0.15) is 0 Å². The molecular formula is C18H23N3O3. The molecule has 0 unspecified atom stereocenters. The molecule has 6 heteroatoms. The van der Waals surface area contributed by atoms with Gasteiger partial charge in [0, 0.05) is 24.9 Å². The van der Waals surface area contributed by atoms with Gasteiger partial charge in [-0.15, -0.1) is 10.2 Å². The lowest BCUT2D eigenvalue weighted by Crippen LogP contribution is -2.40. The average Bonchev–Trinajstić information content (AvgIpc) is 3.24. The summed E-state index contributed by atoms with van der Waals surface area (Å²) in [6, 6.07) is 9.60. The molecule has 0 radical (unpaired) electrons. The first-order valence-electron chi connectivity index (χ1n) is 8.52. The van der Waals surface area contributed by atoms with Gasteiger partial charge in [0.05, 0.1) is 5.60 Å². The molecule has 2 aromatic rings. The van der Waals surface area contributed by atoms with E-state index in [0.29, 0.717) is 37.6 Å². The SMILES string of the molecule is O=C(CCCc1nnc(-c2ccccc2)o1)NCC1(O)CCCC1. The number of rotatable bonds is 7. The first-order valence-corrected chi connectivity index (χ1v) is 8.52. The van der Waals surface area contributed by atoms with Crippen LogP contribution >= 0.6 is 0 Å². The first-order chi connectivity index (χ1) is 11.6. The summed E-state index contributed by atoms with van der Waals surface area (Å²) >= 11 is 0. The molecule has 0 aliphatic heterocycles. The quantitative estimate of drug-likeness (QED) is 0.815. The van der Waals surface area contributed by atoms with Gasteiger partial charge in [-0.3, -0.25) is 4.79 Å². The molecular weight excluding hydrogens is 306 g/mol. The summed E-state index contributed by atoms with van der Waals surface area (Å²) in [7, 11) is 0. The van der Waals surface area contributed by atoms with Crippen LogP contribution in [0, 0.1) is 0 Å². The highest BCUT2D eigenvalue weighted by atomic mass is 16.4. The predicted octanol–water partition coefficient (Wildman–Crippen LogP) is 2.48. The number of aliphatic hydroxyl groups is 1. The first kappa shape index (κ1) is 16.6. The lowest BCUT2D eigenvalue weighted by atomic mass is 10.0. The maximum atomic E-state index is 11.9. The zero-order valence-corrected chi connectivity index (χ0v) is 13.7. The summed E-state index contributed by atoms with van der Waals surface area (Å²) in [5.41, 5.74) is 0.186. The Bertz CT molecular complexity index is 663. The molecule has 0 saturated heterocycles. The van der Waals surface area contributed by atoms with Crippen molar-refractivity contribution in [3.8, 4) is 11.5 Å². The molecule has 1 amide bonds. The fourth-order valence-electron chi connectivity index (χ4n) is 3.01. The number of hydrogen-bond donors (Lipinski definition) is 2. The second-order valence-electron chi connectivity index (χ2n) is 6.43. The molecule has 0 atom stereocenters. The lowest BCUT2D eigenvalue weighted by molar-refractivity contribution is -0.122. The molecule has 0 spiro atoms. The number of amides is 1. The van der Waals surface area contributed by atoms with E-state index in [4.69, 9.17) is 4.42 Å². The zero-order chi connectivity index (χ0) is 16.8. The third kappa shape index (κ3) is 4.41. The number of carbonyl (C=O) groups is 1. The van der Waals surface area contributed by atoms with E-state index in [0.717, 1.165) is 31.2 Å². The zero-order valence-electron chi connectivity index (χ0n) is 13.7. The van der Waals surface area contributed by atoms with Gasteiger partial charge in [0.15, 0.2) is 0 Å². The van der Waals surface area contributed by atoms with Crippen molar-refractivity contribution in [1.82, 2.24) is 15.5 Å². The van der Waals surface area contributed by atoms with Crippen molar-refractivity contribution in [2.45, 2.75) is 50.5 Å². The molecule has 1 heterocycles. The monoisotopic (exact) mass is 329 g/mol. The molecule has 6 nitrogen and oxygen atoms in total. The van der Waals surface area contributed by atoms with E-state index in [1.165, 1.54) is 0 Å². The summed E-state index contributed by atoms with van der Waals surface area (Å²) in [6.45, 7) is 0.352. The average molecular weight is 329 g/mol. The van der Waals surface area contributed by atoms with Crippen molar-refractivity contribution < 1.29 is 14.3 Å². The highest BCUT2D eigenvalue weighted by Gasteiger charge is 2.31. The van der Waals surface area contributed by atoms with Crippen LogP contribution in [0.15, 0.2) is 34.7 Å². The fraction of sp³-hybridized carbons (Fsp3) is 0.500. The van der Waals surface area contributed by atoms with Gasteiger partial charge in [-0.25, -0.2) is 0 Å². The molecule has 128 valence electrons. The number of benzene rings is 1. The maximum absolute atomic E-state index is 11.9. The number of aromatic nitrogens is 2. The Labute approximate surface area is 141 Å². The minimum Gasteiger partial charge on any atom is -0.421 e.